The Hall–Kier alpha value is -1.62. The topological polar surface area (TPSA) is 63.2 Å². The minimum absolute atomic E-state index is 0.464. The number of carbonyl (C=O) groups is 1. The summed E-state index contributed by atoms with van der Waals surface area (Å²) in [5.41, 5.74) is 0.520. The van der Waals surface area contributed by atoms with E-state index in [9.17, 15) is 4.79 Å². The van der Waals surface area contributed by atoms with Crippen LogP contribution < -0.4 is 10.6 Å². The molecule has 1 aromatic heterocycles. The van der Waals surface area contributed by atoms with Gasteiger partial charge in [-0.25, -0.2) is 9.78 Å². The molecule has 0 saturated carbocycles. The lowest BCUT2D eigenvalue weighted by atomic mass is 9.93. The molecule has 1 aliphatic rings. The van der Waals surface area contributed by atoms with Crippen LogP contribution in [0.15, 0.2) is 18.2 Å². The van der Waals surface area contributed by atoms with Crippen molar-refractivity contribution < 1.29 is 9.53 Å². The van der Waals surface area contributed by atoms with Gasteiger partial charge < -0.3 is 10.1 Å². The second kappa shape index (κ2) is 6.89. The third kappa shape index (κ3) is 5.71. The molecule has 0 radical (unpaired) electrons. The van der Waals surface area contributed by atoms with Crippen LogP contribution in [0.5, 0.6) is 0 Å². The van der Waals surface area contributed by atoms with Gasteiger partial charge >= 0.3 is 6.09 Å². The van der Waals surface area contributed by atoms with Gasteiger partial charge in [0.05, 0.1) is 0 Å². The first-order valence-electron chi connectivity index (χ1n) is 7.59. The highest BCUT2D eigenvalue weighted by Crippen LogP contribution is 2.18. The third-order valence-electron chi connectivity index (χ3n) is 3.39. The molecule has 0 aromatic carbocycles. The zero-order valence-corrected chi connectivity index (χ0v) is 13.1. The first-order valence-corrected chi connectivity index (χ1v) is 7.59. The van der Waals surface area contributed by atoms with E-state index >= 15 is 0 Å². The molecule has 2 N–H and O–H groups in total. The van der Waals surface area contributed by atoms with Gasteiger partial charge in [0.15, 0.2) is 0 Å². The van der Waals surface area contributed by atoms with Gasteiger partial charge in [0, 0.05) is 5.69 Å². The Labute approximate surface area is 126 Å². The number of piperidine rings is 1. The van der Waals surface area contributed by atoms with Crippen molar-refractivity contribution in [2.45, 2.75) is 45.6 Å². The maximum atomic E-state index is 11.7. The number of carbonyl (C=O) groups excluding carboxylic acids is 1. The fourth-order valence-electron chi connectivity index (χ4n) is 2.45. The van der Waals surface area contributed by atoms with Crippen molar-refractivity contribution in [1.29, 1.82) is 0 Å². The van der Waals surface area contributed by atoms with E-state index in [0.717, 1.165) is 25.2 Å². The molecule has 0 spiro atoms. The van der Waals surface area contributed by atoms with E-state index in [2.05, 4.69) is 15.6 Å². The zero-order chi connectivity index (χ0) is 15.3. The monoisotopic (exact) mass is 291 g/mol. The standard InChI is InChI=1S/C16H25N3O2/c1-16(2,3)21-15(20)19-14-6-4-5-13(18-14)11-12-7-9-17-10-8-12/h4-6,12,17H,7-11H2,1-3H3,(H,18,19,20). The highest BCUT2D eigenvalue weighted by atomic mass is 16.6. The van der Waals surface area contributed by atoms with E-state index in [1.807, 2.05) is 32.9 Å². The number of anilines is 1. The van der Waals surface area contributed by atoms with Gasteiger partial charge in [0.25, 0.3) is 0 Å². The van der Waals surface area contributed by atoms with E-state index in [4.69, 9.17) is 4.74 Å². The summed E-state index contributed by atoms with van der Waals surface area (Å²) < 4.78 is 5.23. The van der Waals surface area contributed by atoms with Crippen molar-refractivity contribution in [3.8, 4) is 0 Å². The van der Waals surface area contributed by atoms with Crippen molar-refractivity contribution >= 4 is 11.9 Å². The molecule has 2 heterocycles. The lowest BCUT2D eigenvalue weighted by Gasteiger charge is -2.22. The van der Waals surface area contributed by atoms with Crippen molar-refractivity contribution in [1.82, 2.24) is 10.3 Å². The van der Waals surface area contributed by atoms with Crippen LogP contribution in [0.1, 0.15) is 39.3 Å². The molecule has 1 saturated heterocycles. The van der Waals surface area contributed by atoms with Gasteiger partial charge in [-0.3, -0.25) is 5.32 Å². The molecular formula is C16H25N3O2. The smallest absolute Gasteiger partial charge is 0.413 e. The molecule has 116 valence electrons. The molecule has 1 fully saturated rings. The summed E-state index contributed by atoms with van der Waals surface area (Å²) in [5.74, 6) is 1.23. The van der Waals surface area contributed by atoms with Crippen LogP contribution in [-0.4, -0.2) is 29.8 Å². The molecule has 1 amide bonds. The number of pyridine rings is 1. The van der Waals surface area contributed by atoms with Crippen LogP contribution in [0.4, 0.5) is 10.6 Å². The fourth-order valence-corrected chi connectivity index (χ4v) is 2.45. The second-order valence-electron chi connectivity index (χ2n) is 6.54. The number of ether oxygens (including phenoxy) is 1. The lowest BCUT2D eigenvalue weighted by Crippen LogP contribution is -2.29. The number of aromatic nitrogens is 1. The number of hydrogen-bond acceptors (Lipinski definition) is 4. The van der Waals surface area contributed by atoms with E-state index in [1.54, 1.807) is 6.07 Å². The predicted molar refractivity (Wildman–Crippen MR) is 83.4 cm³/mol. The van der Waals surface area contributed by atoms with Crippen molar-refractivity contribution in [3.63, 3.8) is 0 Å². The Balaban J connectivity index is 1.92. The molecule has 0 unspecified atom stereocenters. The van der Waals surface area contributed by atoms with Crippen LogP contribution >= 0.6 is 0 Å². The van der Waals surface area contributed by atoms with Gasteiger partial charge in [-0.2, -0.15) is 0 Å². The van der Waals surface area contributed by atoms with Crippen molar-refractivity contribution in [2.24, 2.45) is 5.92 Å². The van der Waals surface area contributed by atoms with E-state index in [0.29, 0.717) is 11.7 Å². The minimum atomic E-state index is -0.503. The van der Waals surface area contributed by atoms with Gasteiger partial charge in [0.1, 0.15) is 11.4 Å². The first kappa shape index (κ1) is 15.8. The molecule has 0 atom stereocenters. The molecule has 1 aliphatic heterocycles. The highest BCUT2D eigenvalue weighted by Gasteiger charge is 2.17. The summed E-state index contributed by atoms with van der Waals surface area (Å²) in [7, 11) is 0. The predicted octanol–water partition coefficient (Wildman–Crippen LogP) is 2.97. The molecule has 0 bridgehead atoms. The molecule has 21 heavy (non-hydrogen) atoms. The van der Waals surface area contributed by atoms with E-state index in [-0.39, 0.29) is 0 Å². The molecule has 2 rings (SSSR count). The quantitative estimate of drug-likeness (QED) is 0.898. The van der Waals surface area contributed by atoms with Gasteiger partial charge in [0.2, 0.25) is 0 Å². The van der Waals surface area contributed by atoms with Crippen LogP contribution in [0.25, 0.3) is 0 Å². The number of nitrogens with zero attached hydrogens (tertiary/aromatic N) is 1. The van der Waals surface area contributed by atoms with Gasteiger partial charge in [-0.15, -0.1) is 0 Å². The van der Waals surface area contributed by atoms with Crippen molar-refractivity contribution in [2.75, 3.05) is 18.4 Å². The Morgan fingerprint density at radius 3 is 2.76 bits per heavy atom. The number of rotatable bonds is 3. The minimum Gasteiger partial charge on any atom is -0.444 e. The summed E-state index contributed by atoms with van der Waals surface area (Å²) in [6.07, 6.45) is 2.87. The summed E-state index contributed by atoms with van der Waals surface area (Å²) in [4.78, 5) is 16.3. The van der Waals surface area contributed by atoms with Crippen LogP contribution in [-0.2, 0) is 11.2 Å². The van der Waals surface area contributed by atoms with Crippen LogP contribution in [0, 0.1) is 5.92 Å². The maximum Gasteiger partial charge on any atom is 0.413 e. The first-order chi connectivity index (χ1) is 9.92. The fraction of sp³-hybridized carbons (Fsp3) is 0.625. The van der Waals surface area contributed by atoms with E-state index in [1.165, 1.54) is 12.8 Å². The Morgan fingerprint density at radius 2 is 2.10 bits per heavy atom. The summed E-state index contributed by atoms with van der Waals surface area (Å²) in [5, 5.41) is 6.06. The van der Waals surface area contributed by atoms with Crippen molar-refractivity contribution in [3.05, 3.63) is 23.9 Å². The Kier molecular flexibility index (Phi) is 5.17. The third-order valence-corrected chi connectivity index (χ3v) is 3.39. The zero-order valence-electron chi connectivity index (χ0n) is 13.1. The number of hydrogen-bond donors (Lipinski definition) is 2. The number of amides is 1. The largest absolute Gasteiger partial charge is 0.444 e. The summed E-state index contributed by atoms with van der Waals surface area (Å²) >= 11 is 0. The average Bonchev–Trinajstić information content (AvgIpc) is 2.38. The van der Waals surface area contributed by atoms with Crippen LogP contribution in [0.2, 0.25) is 0 Å². The molecule has 0 aliphatic carbocycles. The Morgan fingerprint density at radius 1 is 1.38 bits per heavy atom. The second-order valence-corrected chi connectivity index (χ2v) is 6.54. The molecule has 1 aromatic rings. The highest BCUT2D eigenvalue weighted by molar-refractivity contribution is 5.83. The normalized spacial score (nSPS) is 16.5. The molecule has 5 nitrogen and oxygen atoms in total. The average molecular weight is 291 g/mol. The van der Waals surface area contributed by atoms with Gasteiger partial charge in [-0.05, 0) is 71.2 Å². The van der Waals surface area contributed by atoms with Gasteiger partial charge in [-0.1, -0.05) is 6.07 Å². The number of nitrogens with one attached hydrogen (secondary N) is 2. The maximum absolute atomic E-state index is 11.7. The van der Waals surface area contributed by atoms with Crippen LogP contribution in [0.3, 0.4) is 0 Å². The summed E-state index contributed by atoms with van der Waals surface area (Å²) in [6, 6.07) is 5.73. The SMILES string of the molecule is CC(C)(C)OC(=O)Nc1cccc(CC2CCNCC2)n1. The molecule has 5 heteroatoms. The Bertz CT molecular complexity index is 477. The summed E-state index contributed by atoms with van der Waals surface area (Å²) in [6.45, 7) is 7.69. The lowest BCUT2D eigenvalue weighted by molar-refractivity contribution is 0.0635. The molecular weight excluding hydrogens is 266 g/mol. The van der Waals surface area contributed by atoms with E-state index < -0.39 is 11.7 Å².